The number of alkyl halides is 3. The molecular formula is C40H48F3N5O9S. The number of benzene rings is 1. The zero-order valence-corrected chi connectivity index (χ0v) is 33.2. The molecule has 14 nitrogen and oxygen atoms in total. The van der Waals surface area contributed by atoms with Crippen LogP contribution in [0.4, 0.5) is 18.0 Å². The van der Waals surface area contributed by atoms with E-state index < -0.39 is 85.3 Å². The van der Waals surface area contributed by atoms with Gasteiger partial charge in [-0.3, -0.25) is 19.1 Å². The Morgan fingerprint density at radius 3 is 2.52 bits per heavy atom. The largest absolute Gasteiger partial charge is 0.497 e. The fraction of sp³-hybridized carbons (Fsp3) is 0.625. The number of carbonyl (C=O) groups excluding carboxylic acids is 4. The maximum absolute atomic E-state index is 14.7. The first-order chi connectivity index (χ1) is 27.5. The van der Waals surface area contributed by atoms with Crippen molar-refractivity contribution >= 4 is 44.7 Å². The van der Waals surface area contributed by atoms with Crippen LogP contribution in [0.25, 0.3) is 10.9 Å². The highest BCUT2D eigenvalue weighted by Gasteiger charge is 2.64. The zero-order chi connectivity index (χ0) is 41.3. The van der Waals surface area contributed by atoms with Gasteiger partial charge in [-0.25, -0.2) is 18.2 Å². The lowest BCUT2D eigenvalue weighted by molar-refractivity contribution is -0.144. The highest BCUT2D eigenvalue weighted by molar-refractivity contribution is 7.91. The molecule has 18 heteroatoms. The van der Waals surface area contributed by atoms with Crippen LogP contribution in [0.5, 0.6) is 11.5 Å². The number of hydrogen-bond acceptors (Lipinski definition) is 10. The van der Waals surface area contributed by atoms with Crippen LogP contribution in [0, 0.1) is 5.92 Å². The molecule has 314 valence electrons. The van der Waals surface area contributed by atoms with Gasteiger partial charge in [0.1, 0.15) is 35.1 Å². The van der Waals surface area contributed by atoms with Crippen molar-refractivity contribution in [1.29, 1.82) is 0 Å². The van der Waals surface area contributed by atoms with Gasteiger partial charge in [0.2, 0.25) is 21.8 Å². The minimum Gasteiger partial charge on any atom is -0.497 e. The molecule has 3 aliphatic heterocycles. The standard InChI is InChI=1S/C40H48F3N5O9S/c1-37(17-18-37)58(53,54)47-35(51)39-20-23(39)9-6-4-3-5-7-12-29(45-36(52)56-24-10-8-11-24)34(50)48-22-38(21-30(48)33(49)46-39)16-15-26-27-19-25(55-2)13-14-28(27)44-32(31(26)57-38)40(41,42)43/h6,9,13-14,19,23-24,29-30H,3-5,7-8,10-12,15-18,20-22H2,1-2H3,(H,45,52)(H,46,49)(H,47,51)/b9-6-/t23-,29+,30+,38-,39-/m1/s1. The lowest BCUT2D eigenvalue weighted by Gasteiger charge is -2.37. The van der Waals surface area contributed by atoms with Crippen LogP contribution in [-0.4, -0.2) is 89.8 Å². The SMILES string of the molecule is COc1ccc2nc(C(F)(F)F)c3c(c2c1)CC[C@]1(C[C@H]2C(=O)N[C@]4(C(=O)NS(=O)(=O)C5(C)CC5)C[C@H]4/C=C\CCCCC[C@H](NC(=O)OC4CCC4)C(=O)N2C1)O3. The Hall–Kier alpha value is -4.61. The van der Waals surface area contributed by atoms with E-state index in [0.717, 1.165) is 6.42 Å². The predicted octanol–water partition coefficient (Wildman–Crippen LogP) is 4.97. The van der Waals surface area contributed by atoms with Crippen molar-refractivity contribution in [3.8, 4) is 11.5 Å². The second kappa shape index (κ2) is 14.6. The van der Waals surface area contributed by atoms with Gasteiger partial charge in [0.15, 0.2) is 11.4 Å². The molecule has 3 N–H and O–H groups in total. The Balaban J connectivity index is 1.16. The second-order valence-electron chi connectivity index (χ2n) is 17.0. The third kappa shape index (κ3) is 7.44. The number of aromatic nitrogens is 1. The van der Waals surface area contributed by atoms with Gasteiger partial charge in [0, 0.05) is 23.3 Å². The number of allylic oxidation sites excluding steroid dienone is 1. The first-order valence-corrected chi connectivity index (χ1v) is 21.5. The summed E-state index contributed by atoms with van der Waals surface area (Å²) in [7, 11) is -2.65. The number of rotatable bonds is 6. The van der Waals surface area contributed by atoms with E-state index in [1.807, 2.05) is 6.08 Å². The minimum atomic E-state index is -4.92. The molecule has 3 saturated carbocycles. The molecule has 6 aliphatic rings. The number of carbonyl (C=O) groups is 4. The number of nitrogens with one attached hydrogen (secondary N) is 3. The normalized spacial score (nSPS) is 30.2. The summed E-state index contributed by atoms with van der Waals surface area (Å²) in [6.45, 7) is 1.22. The van der Waals surface area contributed by atoms with Crippen LogP contribution in [0.2, 0.25) is 0 Å². The highest BCUT2D eigenvalue weighted by Crippen LogP contribution is 2.50. The molecule has 1 saturated heterocycles. The smallest absolute Gasteiger partial charge is 0.437 e. The summed E-state index contributed by atoms with van der Waals surface area (Å²) in [5, 5.41) is 5.91. The van der Waals surface area contributed by atoms with Crippen molar-refractivity contribution in [2.24, 2.45) is 5.92 Å². The zero-order valence-electron chi connectivity index (χ0n) is 32.4. The van der Waals surface area contributed by atoms with Crippen LogP contribution in [0.1, 0.15) is 102 Å². The van der Waals surface area contributed by atoms with E-state index in [-0.39, 0.29) is 55.8 Å². The molecule has 0 unspecified atom stereocenters. The van der Waals surface area contributed by atoms with E-state index in [9.17, 15) is 40.8 Å². The van der Waals surface area contributed by atoms with Gasteiger partial charge in [0.25, 0.3) is 5.91 Å². The van der Waals surface area contributed by atoms with Crippen LogP contribution < -0.4 is 24.8 Å². The molecule has 8 rings (SSSR count). The second-order valence-corrected chi connectivity index (χ2v) is 19.2. The summed E-state index contributed by atoms with van der Waals surface area (Å²) in [5.74, 6) is -3.01. The fourth-order valence-corrected chi connectivity index (χ4v) is 9.96. The third-order valence-electron chi connectivity index (χ3n) is 12.9. The molecular weight excluding hydrogens is 784 g/mol. The molecule has 5 atom stereocenters. The number of aryl methyl sites for hydroxylation is 1. The maximum Gasteiger partial charge on any atom is 0.437 e. The number of ether oxygens (including phenoxy) is 3. The van der Waals surface area contributed by atoms with Crippen LogP contribution in [0.15, 0.2) is 30.4 Å². The van der Waals surface area contributed by atoms with Gasteiger partial charge in [-0.1, -0.05) is 25.0 Å². The number of fused-ring (bicyclic) bond motifs is 5. The number of alkyl carbamates (subject to hydrolysis) is 1. The average molecular weight is 832 g/mol. The van der Waals surface area contributed by atoms with Crippen LogP contribution >= 0.6 is 0 Å². The average Bonchev–Trinajstić information content (AvgIpc) is 4.05. The van der Waals surface area contributed by atoms with Crippen molar-refractivity contribution in [2.75, 3.05) is 13.7 Å². The Labute approximate surface area is 334 Å². The summed E-state index contributed by atoms with van der Waals surface area (Å²) in [6.07, 6.45) is 3.51. The number of methoxy groups -OCH3 is 1. The Morgan fingerprint density at radius 1 is 1.05 bits per heavy atom. The highest BCUT2D eigenvalue weighted by atomic mass is 32.2. The molecule has 1 aromatic heterocycles. The summed E-state index contributed by atoms with van der Waals surface area (Å²) >= 11 is 0. The molecule has 0 bridgehead atoms. The lowest BCUT2D eigenvalue weighted by Crippen LogP contribution is -2.58. The third-order valence-corrected chi connectivity index (χ3v) is 15.1. The van der Waals surface area contributed by atoms with Gasteiger partial charge in [-0.05, 0) is 95.8 Å². The fourth-order valence-electron chi connectivity index (χ4n) is 8.64. The monoisotopic (exact) mass is 831 g/mol. The number of pyridine rings is 1. The molecule has 4 amide bonds. The number of nitrogens with zero attached hydrogens (tertiary/aromatic N) is 2. The van der Waals surface area contributed by atoms with E-state index in [2.05, 4.69) is 20.3 Å². The summed E-state index contributed by atoms with van der Waals surface area (Å²) in [6, 6.07) is 2.03. The van der Waals surface area contributed by atoms with Gasteiger partial charge >= 0.3 is 12.3 Å². The Morgan fingerprint density at radius 2 is 1.83 bits per heavy atom. The van der Waals surface area contributed by atoms with Gasteiger partial charge in [-0.15, -0.1) is 0 Å². The first kappa shape index (κ1) is 40.2. The van der Waals surface area contributed by atoms with E-state index in [1.165, 1.54) is 31.1 Å². The number of hydrogen-bond donors (Lipinski definition) is 3. The molecule has 4 heterocycles. The van der Waals surface area contributed by atoms with Gasteiger partial charge < -0.3 is 29.7 Å². The Kier molecular flexibility index (Phi) is 10.1. The molecule has 1 spiro atoms. The van der Waals surface area contributed by atoms with Gasteiger partial charge in [0.05, 0.1) is 23.9 Å². The van der Waals surface area contributed by atoms with Gasteiger partial charge in [-0.2, -0.15) is 13.2 Å². The molecule has 4 fully saturated rings. The molecule has 3 aliphatic carbocycles. The first-order valence-electron chi connectivity index (χ1n) is 20.1. The van der Waals surface area contributed by atoms with Crippen molar-refractivity contribution in [3.05, 3.63) is 41.6 Å². The Bertz CT molecular complexity index is 2180. The summed E-state index contributed by atoms with van der Waals surface area (Å²) < 4.78 is 88.9. The number of amides is 4. The number of halogens is 3. The number of sulfonamides is 1. The van der Waals surface area contributed by atoms with Crippen molar-refractivity contribution in [3.63, 3.8) is 0 Å². The van der Waals surface area contributed by atoms with E-state index in [1.54, 1.807) is 12.1 Å². The molecule has 0 radical (unpaired) electrons. The van der Waals surface area contributed by atoms with Crippen molar-refractivity contribution in [1.82, 2.24) is 25.2 Å². The quantitative estimate of drug-likeness (QED) is 0.337. The lowest BCUT2D eigenvalue weighted by atomic mass is 9.87. The van der Waals surface area contributed by atoms with Crippen LogP contribution in [0.3, 0.4) is 0 Å². The van der Waals surface area contributed by atoms with Crippen molar-refractivity contribution < 1.29 is 55.0 Å². The molecule has 1 aromatic carbocycles. The predicted molar refractivity (Wildman–Crippen MR) is 202 cm³/mol. The topological polar surface area (TPSA) is 182 Å². The molecule has 58 heavy (non-hydrogen) atoms. The van der Waals surface area contributed by atoms with E-state index in [0.29, 0.717) is 62.5 Å². The summed E-state index contributed by atoms with van der Waals surface area (Å²) in [5.41, 5.74) is -4.06. The summed E-state index contributed by atoms with van der Waals surface area (Å²) in [4.78, 5) is 61.5. The van der Waals surface area contributed by atoms with Crippen LogP contribution in [-0.2, 0) is 41.7 Å². The van der Waals surface area contributed by atoms with E-state index in [4.69, 9.17) is 14.2 Å². The van der Waals surface area contributed by atoms with Crippen molar-refractivity contribution in [2.45, 2.75) is 137 Å². The molecule has 2 aromatic rings. The van der Waals surface area contributed by atoms with E-state index >= 15 is 0 Å². The minimum absolute atomic E-state index is 0.0756. The maximum atomic E-state index is 14.7.